The highest BCUT2D eigenvalue weighted by Gasteiger charge is 2.67. The van der Waals surface area contributed by atoms with E-state index in [9.17, 15) is 14.3 Å². The van der Waals surface area contributed by atoms with E-state index in [-0.39, 0.29) is 28.4 Å². The molecule has 128 valence electrons. The monoisotopic (exact) mass is 331 g/mol. The predicted molar refractivity (Wildman–Crippen MR) is 87.1 cm³/mol. The Labute approximate surface area is 140 Å². The van der Waals surface area contributed by atoms with Crippen molar-refractivity contribution in [1.29, 1.82) is 0 Å². The number of carbonyl (C=O) groups excluding carboxylic acids is 1. The zero-order chi connectivity index (χ0) is 17.3. The minimum Gasteiger partial charge on any atom is -0.454 e. The van der Waals surface area contributed by atoms with Crippen LogP contribution >= 0.6 is 0 Å². The second-order valence-electron chi connectivity index (χ2n) is 7.98. The Morgan fingerprint density at radius 1 is 1.33 bits per heavy atom. The van der Waals surface area contributed by atoms with Gasteiger partial charge in [0.15, 0.2) is 6.04 Å². The smallest absolute Gasteiger partial charge is 0.334 e. The van der Waals surface area contributed by atoms with Crippen LogP contribution in [0.15, 0.2) is 29.3 Å². The lowest BCUT2D eigenvalue weighted by atomic mass is 9.70. The van der Waals surface area contributed by atoms with Crippen molar-refractivity contribution < 1.29 is 19.0 Å². The first kappa shape index (κ1) is 15.8. The van der Waals surface area contributed by atoms with Crippen LogP contribution < -0.4 is 0 Å². The van der Waals surface area contributed by atoms with Crippen LogP contribution in [0.3, 0.4) is 0 Å². The summed E-state index contributed by atoms with van der Waals surface area (Å²) in [7, 11) is 0. The average Bonchev–Trinajstić information content (AvgIpc) is 2.85. The first-order valence-electron chi connectivity index (χ1n) is 8.48. The summed E-state index contributed by atoms with van der Waals surface area (Å²) in [6.07, 6.45) is 0.384. The molecule has 4 nitrogen and oxygen atoms in total. The lowest BCUT2D eigenvalue weighted by molar-refractivity contribution is -0.154. The van der Waals surface area contributed by atoms with E-state index in [1.54, 1.807) is 12.1 Å². The number of hydrogen-bond acceptors (Lipinski definition) is 4. The highest BCUT2D eigenvalue weighted by atomic mass is 19.1. The number of nitrogens with zero attached hydrogens (tertiary/aromatic N) is 1. The van der Waals surface area contributed by atoms with Gasteiger partial charge < -0.3 is 9.84 Å². The molecule has 0 aromatic heterocycles. The van der Waals surface area contributed by atoms with Crippen molar-refractivity contribution in [1.82, 2.24) is 0 Å². The Kier molecular flexibility index (Phi) is 3.21. The van der Waals surface area contributed by atoms with E-state index < -0.39 is 23.9 Å². The summed E-state index contributed by atoms with van der Waals surface area (Å²) < 4.78 is 19.7. The van der Waals surface area contributed by atoms with Crippen LogP contribution in [0.2, 0.25) is 0 Å². The molecule has 1 aromatic rings. The first-order chi connectivity index (χ1) is 11.3. The van der Waals surface area contributed by atoms with E-state index in [2.05, 4.69) is 25.8 Å². The number of ether oxygens (including phenoxy) is 1. The zero-order valence-electron chi connectivity index (χ0n) is 14.1. The van der Waals surface area contributed by atoms with Crippen molar-refractivity contribution in [3.05, 3.63) is 35.6 Å². The van der Waals surface area contributed by atoms with Gasteiger partial charge in [-0.25, -0.2) is 9.18 Å². The number of halogens is 1. The minimum absolute atomic E-state index is 0.00534. The fraction of sp³-hybridized carbons (Fsp3) is 0.579. The SMILES string of the molecule is CC1(C)[C@@H]2CC[C@@]1(C)C1=N[C@@H]([C@H](O)c3ccccc3F)C(=O)O[C@@H]12. The molecule has 1 N–H and O–H groups in total. The van der Waals surface area contributed by atoms with Crippen LogP contribution in [0.25, 0.3) is 0 Å². The number of aliphatic hydroxyl groups excluding tert-OH is 1. The molecule has 24 heavy (non-hydrogen) atoms. The Morgan fingerprint density at radius 2 is 2.04 bits per heavy atom. The molecular formula is C19H22FNO3. The van der Waals surface area contributed by atoms with Gasteiger partial charge in [-0.2, -0.15) is 0 Å². The zero-order valence-corrected chi connectivity index (χ0v) is 14.1. The third-order valence-corrected chi connectivity index (χ3v) is 6.79. The summed E-state index contributed by atoms with van der Waals surface area (Å²) in [4.78, 5) is 17.1. The number of carbonyl (C=O) groups is 1. The Morgan fingerprint density at radius 3 is 2.75 bits per heavy atom. The number of aliphatic imine (C=N–C) groups is 1. The van der Waals surface area contributed by atoms with Gasteiger partial charge in [-0.15, -0.1) is 0 Å². The quantitative estimate of drug-likeness (QED) is 0.848. The largest absolute Gasteiger partial charge is 0.454 e. The molecule has 3 aliphatic rings. The van der Waals surface area contributed by atoms with Gasteiger partial charge in [0.2, 0.25) is 0 Å². The Balaban J connectivity index is 1.75. The van der Waals surface area contributed by atoms with Crippen molar-refractivity contribution in [2.45, 2.75) is 51.9 Å². The summed E-state index contributed by atoms with van der Waals surface area (Å²) in [5.41, 5.74) is 0.795. The second-order valence-corrected chi connectivity index (χ2v) is 7.98. The van der Waals surface area contributed by atoms with E-state index in [0.717, 1.165) is 18.6 Å². The molecule has 0 saturated heterocycles. The molecule has 2 saturated carbocycles. The third-order valence-electron chi connectivity index (χ3n) is 6.79. The highest BCUT2D eigenvalue weighted by Crippen LogP contribution is 2.65. The van der Waals surface area contributed by atoms with Gasteiger partial charge in [-0.1, -0.05) is 39.0 Å². The van der Waals surface area contributed by atoms with Crippen LogP contribution in [0.1, 0.15) is 45.3 Å². The molecule has 0 unspecified atom stereocenters. The van der Waals surface area contributed by atoms with E-state index in [4.69, 9.17) is 4.74 Å². The lowest BCUT2D eigenvalue weighted by Gasteiger charge is -2.36. The fourth-order valence-electron chi connectivity index (χ4n) is 4.86. The molecule has 5 heteroatoms. The Bertz CT molecular complexity index is 744. The van der Waals surface area contributed by atoms with Gasteiger partial charge in [0.25, 0.3) is 0 Å². The maximum atomic E-state index is 14.0. The molecule has 2 bridgehead atoms. The number of rotatable bonds is 2. The predicted octanol–water partition coefficient (Wildman–Crippen LogP) is 3.05. The van der Waals surface area contributed by atoms with Crippen LogP contribution in [0, 0.1) is 22.6 Å². The van der Waals surface area contributed by atoms with Crippen LogP contribution in [-0.4, -0.2) is 28.9 Å². The Hall–Kier alpha value is -1.75. The van der Waals surface area contributed by atoms with Crippen LogP contribution in [0.4, 0.5) is 4.39 Å². The number of benzene rings is 1. The lowest BCUT2D eigenvalue weighted by Crippen LogP contribution is -2.46. The van der Waals surface area contributed by atoms with E-state index >= 15 is 0 Å². The maximum absolute atomic E-state index is 14.0. The minimum atomic E-state index is -1.34. The summed E-state index contributed by atoms with van der Waals surface area (Å²) in [5.74, 6) is -0.845. The number of fused-ring (bicyclic) bond motifs is 5. The van der Waals surface area contributed by atoms with Crippen molar-refractivity contribution in [3.8, 4) is 0 Å². The number of esters is 1. The van der Waals surface area contributed by atoms with Crippen molar-refractivity contribution >= 4 is 11.7 Å². The molecule has 1 aromatic carbocycles. The highest BCUT2D eigenvalue weighted by molar-refractivity contribution is 6.03. The van der Waals surface area contributed by atoms with E-state index in [1.165, 1.54) is 12.1 Å². The molecule has 2 aliphatic carbocycles. The molecule has 4 rings (SSSR count). The molecule has 0 spiro atoms. The normalized spacial score (nSPS) is 37.6. The molecule has 1 aliphatic heterocycles. The second kappa shape index (κ2) is 4.88. The van der Waals surface area contributed by atoms with E-state index in [1.807, 2.05) is 0 Å². The summed E-state index contributed by atoms with van der Waals surface area (Å²) >= 11 is 0. The standard InChI is InChI=1S/C19H22FNO3/c1-18(2)11-8-9-19(18,3)16-15(11)24-17(23)13(21-16)14(22)10-6-4-5-7-12(10)20/h4-7,11,13-15,22H,8-9H2,1-3H3/t11-,13+,14-,15-,19+/m1/s1. The fourth-order valence-corrected chi connectivity index (χ4v) is 4.86. The third kappa shape index (κ3) is 1.82. The van der Waals surface area contributed by atoms with Gasteiger partial charge in [0.1, 0.15) is 18.0 Å². The van der Waals surface area contributed by atoms with Gasteiger partial charge >= 0.3 is 5.97 Å². The topological polar surface area (TPSA) is 58.9 Å². The first-order valence-corrected chi connectivity index (χ1v) is 8.48. The van der Waals surface area contributed by atoms with Crippen molar-refractivity contribution in [3.63, 3.8) is 0 Å². The summed E-state index contributed by atoms with van der Waals surface area (Å²) in [5, 5.41) is 10.6. The van der Waals surface area contributed by atoms with Crippen molar-refractivity contribution in [2.75, 3.05) is 0 Å². The summed E-state index contributed by atoms with van der Waals surface area (Å²) in [6, 6.07) is 4.83. The number of aliphatic hydroxyl groups is 1. The van der Waals surface area contributed by atoms with Gasteiger partial charge in [-0.3, -0.25) is 4.99 Å². The molecular weight excluding hydrogens is 309 g/mol. The van der Waals surface area contributed by atoms with Crippen molar-refractivity contribution in [2.24, 2.45) is 21.7 Å². The van der Waals surface area contributed by atoms with Crippen LogP contribution in [-0.2, 0) is 9.53 Å². The van der Waals surface area contributed by atoms with Gasteiger partial charge in [0, 0.05) is 16.9 Å². The van der Waals surface area contributed by atoms with Gasteiger partial charge in [0.05, 0.1) is 5.71 Å². The summed E-state index contributed by atoms with van der Waals surface area (Å²) in [6.45, 7) is 6.56. The van der Waals surface area contributed by atoms with Gasteiger partial charge in [-0.05, 0) is 24.3 Å². The average molecular weight is 331 g/mol. The molecule has 2 fully saturated rings. The molecule has 5 atom stereocenters. The molecule has 0 amide bonds. The van der Waals surface area contributed by atoms with E-state index in [0.29, 0.717) is 0 Å². The number of hydrogen-bond donors (Lipinski definition) is 1. The maximum Gasteiger partial charge on any atom is 0.334 e. The van der Waals surface area contributed by atoms with Crippen LogP contribution in [0.5, 0.6) is 0 Å². The molecule has 0 radical (unpaired) electrons. The molecule has 1 heterocycles.